The van der Waals surface area contributed by atoms with Crippen molar-refractivity contribution in [3.63, 3.8) is 0 Å². The first-order valence-corrected chi connectivity index (χ1v) is 15.4. The van der Waals surface area contributed by atoms with Crippen LogP contribution in [0.15, 0.2) is 58.5 Å². The Bertz CT molecular complexity index is 1460. The average Bonchev–Trinajstić information content (AvgIpc) is 2.92. The van der Waals surface area contributed by atoms with Crippen LogP contribution in [0, 0.1) is 18.3 Å². The van der Waals surface area contributed by atoms with Crippen molar-refractivity contribution in [2.45, 2.75) is 16.8 Å². The predicted molar refractivity (Wildman–Crippen MR) is 149 cm³/mol. The molecule has 10 heteroatoms. The number of anilines is 1. The first kappa shape index (κ1) is 26.4. The van der Waals surface area contributed by atoms with Gasteiger partial charge in [-0.25, -0.2) is 13.4 Å². The minimum Gasteiger partial charge on any atom is -0.485 e. The number of ether oxygens (including phenoxy) is 2. The molecule has 3 heterocycles. The van der Waals surface area contributed by atoms with Gasteiger partial charge in [0, 0.05) is 50.3 Å². The number of hydrogen-bond acceptors (Lipinski definition) is 9. The first-order valence-electron chi connectivity index (χ1n) is 12.5. The Balaban J connectivity index is 1.25. The molecule has 0 radical (unpaired) electrons. The monoisotopic (exact) mass is 550 g/mol. The van der Waals surface area contributed by atoms with Crippen molar-refractivity contribution in [3.05, 3.63) is 59.7 Å². The number of rotatable bonds is 7. The van der Waals surface area contributed by atoms with Gasteiger partial charge in [-0.15, -0.1) is 11.8 Å². The molecule has 0 bridgehead atoms. The molecule has 0 N–H and O–H groups in total. The van der Waals surface area contributed by atoms with E-state index in [1.165, 1.54) is 18.0 Å². The highest BCUT2D eigenvalue weighted by Gasteiger charge is 2.26. The Morgan fingerprint density at radius 3 is 2.42 bits per heavy atom. The standard InChI is InChI=1S/C28H30N4O4S2/c1-20-18-23(21-6-4-3-5-7-21)30-28(27(20)38(2,33)34)37-17-14-31-10-12-32(13-11-31)24-9-8-22(19-29)25-26(24)36-16-15-35-25/h3-9,18H,10-17H2,1-2H3. The summed E-state index contributed by atoms with van der Waals surface area (Å²) in [4.78, 5) is 9.74. The molecule has 198 valence electrons. The molecule has 0 spiro atoms. The highest BCUT2D eigenvalue weighted by atomic mass is 32.2. The molecule has 2 aliphatic rings. The molecular formula is C28H30N4O4S2. The molecule has 2 aromatic carbocycles. The fourth-order valence-electron chi connectivity index (χ4n) is 4.88. The van der Waals surface area contributed by atoms with Crippen LogP contribution in [-0.4, -0.2) is 76.2 Å². The number of piperazine rings is 1. The van der Waals surface area contributed by atoms with Crippen LogP contribution in [0.5, 0.6) is 11.5 Å². The molecule has 0 amide bonds. The van der Waals surface area contributed by atoms with Crippen LogP contribution in [0.1, 0.15) is 11.1 Å². The van der Waals surface area contributed by atoms with Gasteiger partial charge in [-0.05, 0) is 30.7 Å². The lowest BCUT2D eigenvalue weighted by Gasteiger charge is -2.37. The number of aromatic nitrogens is 1. The maximum Gasteiger partial charge on any atom is 0.186 e. The van der Waals surface area contributed by atoms with E-state index in [0.717, 1.165) is 61.0 Å². The molecule has 8 nitrogen and oxygen atoms in total. The van der Waals surface area contributed by atoms with Gasteiger partial charge < -0.3 is 14.4 Å². The van der Waals surface area contributed by atoms with Gasteiger partial charge in [0.15, 0.2) is 21.3 Å². The molecule has 0 saturated carbocycles. The highest BCUT2D eigenvalue weighted by molar-refractivity contribution is 8.00. The smallest absolute Gasteiger partial charge is 0.186 e. The number of fused-ring (bicyclic) bond motifs is 1. The molecule has 5 rings (SSSR count). The van der Waals surface area contributed by atoms with Crippen molar-refractivity contribution >= 4 is 27.3 Å². The van der Waals surface area contributed by atoms with E-state index in [2.05, 4.69) is 15.9 Å². The zero-order valence-corrected chi connectivity index (χ0v) is 23.1. The van der Waals surface area contributed by atoms with Gasteiger partial charge in [-0.3, -0.25) is 4.90 Å². The lowest BCUT2D eigenvalue weighted by Crippen LogP contribution is -2.47. The Morgan fingerprint density at radius 1 is 1.03 bits per heavy atom. The summed E-state index contributed by atoms with van der Waals surface area (Å²) in [6.07, 6.45) is 1.25. The number of nitrogens with zero attached hydrogens (tertiary/aromatic N) is 4. The maximum atomic E-state index is 12.6. The molecule has 2 aliphatic heterocycles. The lowest BCUT2D eigenvalue weighted by molar-refractivity contribution is 0.171. The quantitative estimate of drug-likeness (QED) is 0.404. The van der Waals surface area contributed by atoms with Gasteiger partial charge in [0.1, 0.15) is 29.2 Å². The zero-order chi connectivity index (χ0) is 26.7. The molecule has 0 atom stereocenters. The fourth-order valence-corrected chi connectivity index (χ4v) is 7.52. The van der Waals surface area contributed by atoms with Crippen molar-refractivity contribution < 1.29 is 17.9 Å². The van der Waals surface area contributed by atoms with E-state index in [-0.39, 0.29) is 0 Å². The summed E-state index contributed by atoms with van der Waals surface area (Å²) in [7, 11) is -3.41. The van der Waals surface area contributed by atoms with Crippen LogP contribution in [0.4, 0.5) is 5.69 Å². The van der Waals surface area contributed by atoms with E-state index < -0.39 is 9.84 Å². The summed E-state index contributed by atoms with van der Waals surface area (Å²) in [6, 6.07) is 17.6. The van der Waals surface area contributed by atoms with Crippen molar-refractivity contribution in [2.75, 3.05) is 62.8 Å². The highest BCUT2D eigenvalue weighted by Crippen LogP contribution is 2.42. The van der Waals surface area contributed by atoms with Gasteiger partial charge in [-0.1, -0.05) is 30.3 Å². The molecule has 0 aliphatic carbocycles. The Morgan fingerprint density at radius 2 is 1.74 bits per heavy atom. The largest absolute Gasteiger partial charge is 0.485 e. The van der Waals surface area contributed by atoms with Crippen LogP contribution < -0.4 is 14.4 Å². The second-order valence-corrected chi connectivity index (χ2v) is 12.4. The van der Waals surface area contributed by atoms with Crippen molar-refractivity contribution in [1.82, 2.24) is 9.88 Å². The normalized spacial score (nSPS) is 15.8. The van der Waals surface area contributed by atoms with E-state index >= 15 is 0 Å². The Kier molecular flexibility index (Phi) is 7.79. The third-order valence-electron chi connectivity index (χ3n) is 6.72. The maximum absolute atomic E-state index is 12.6. The van der Waals surface area contributed by atoms with Crippen molar-refractivity contribution in [1.29, 1.82) is 5.26 Å². The molecule has 1 aromatic heterocycles. The van der Waals surface area contributed by atoms with Gasteiger partial charge >= 0.3 is 0 Å². The van der Waals surface area contributed by atoms with Gasteiger partial charge in [0.2, 0.25) is 0 Å². The van der Waals surface area contributed by atoms with Crippen LogP contribution in [0.2, 0.25) is 0 Å². The number of aryl methyl sites for hydroxylation is 1. The molecule has 1 fully saturated rings. The summed E-state index contributed by atoms with van der Waals surface area (Å²) in [5, 5.41) is 9.96. The van der Waals surface area contributed by atoms with Crippen molar-refractivity contribution in [2.24, 2.45) is 0 Å². The third-order valence-corrected chi connectivity index (χ3v) is 9.06. The molecular weight excluding hydrogens is 520 g/mol. The van der Waals surface area contributed by atoms with Crippen LogP contribution in [0.3, 0.4) is 0 Å². The zero-order valence-electron chi connectivity index (χ0n) is 21.5. The third kappa shape index (κ3) is 5.60. The number of hydrogen-bond donors (Lipinski definition) is 0. The topological polar surface area (TPSA) is 95.8 Å². The molecule has 3 aromatic rings. The predicted octanol–water partition coefficient (Wildman–Crippen LogP) is 4.02. The number of pyridine rings is 1. The number of thioether (sulfide) groups is 1. The second kappa shape index (κ2) is 11.2. The molecule has 1 saturated heterocycles. The molecule has 38 heavy (non-hydrogen) atoms. The number of nitriles is 1. The van der Waals surface area contributed by atoms with Gasteiger partial charge in [0.05, 0.1) is 16.9 Å². The SMILES string of the molecule is Cc1cc(-c2ccccc2)nc(SCCN2CCN(c3ccc(C#N)c4c3OCCO4)CC2)c1S(C)(=O)=O. The van der Waals surface area contributed by atoms with Crippen LogP contribution in [0.25, 0.3) is 11.3 Å². The number of benzene rings is 2. The van der Waals surface area contributed by atoms with E-state index in [0.29, 0.717) is 40.2 Å². The summed E-state index contributed by atoms with van der Waals surface area (Å²) >= 11 is 1.50. The second-order valence-electron chi connectivity index (χ2n) is 9.37. The van der Waals surface area contributed by atoms with E-state index in [1.54, 1.807) is 6.07 Å². The van der Waals surface area contributed by atoms with E-state index in [4.69, 9.17) is 14.5 Å². The number of sulfone groups is 1. The minimum absolute atomic E-state index is 0.319. The minimum atomic E-state index is -3.41. The van der Waals surface area contributed by atoms with Crippen molar-refractivity contribution in [3.8, 4) is 28.8 Å². The van der Waals surface area contributed by atoms with Crippen LogP contribution >= 0.6 is 11.8 Å². The summed E-state index contributed by atoms with van der Waals surface area (Å²) in [6.45, 7) is 6.95. The summed E-state index contributed by atoms with van der Waals surface area (Å²) < 4.78 is 36.8. The first-order chi connectivity index (χ1) is 18.3. The van der Waals surface area contributed by atoms with E-state index in [9.17, 15) is 13.7 Å². The van der Waals surface area contributed by atoms with E-state index in [1.807, 2.05) is 49.4 Å². The Labute approximate surface area is 228 Å². The average molecular weight is 551 g/mol. The summed E-state index contributed by atoms with van der Waals surface area (Å²) in [5.41, 5.74) is 3.92. The molecule has 0 unspecified atom stereocenters. The fraction of sp³-hybridized carbons (Fsp3) is 0.357. The van der Waals surface area contributed by atoms with Crippen LogP contribution in [-0.2, 0) is 9.84 Å². The summed E-state index contributed by atoms with van der Waals surface area (Å²) in [5.74, 6) is 1.93. The van der Waals surface area contributed by atoms with Gasteiger partial charge in [-0.2, -0.15) is 5.26 Å². The van der Waals surface area contributed by atoms with Gasteiger partial charge in [0.25, 0.3) is 0 Å². The Hall–Kier alpha value is -3.26. The lowest BCUT2D eigenvalue weighted by atomic mass is 10.1.